The van der Waals surface area contributed by atoms with Crippen LogP contribution in [0.2, 0.25) is 0 Å². The Morgan fingerprint density at radius 1 is 1.06 bits per heavy atom. The molecule has 0 aromatic rings. The summed E-state index contributed by atoms with van der Waals surface area (Å²) in [5.41, 5.74) is 0. The minimum absolute atomic E-state index is 0.134. The molecule has 0 spiro atoms. The van der Waals surface area contributed by atoms with Crippen LogP contribution >= 0.6 is 0 Å². The molecule has 0 amide bonds. The molecule has 0 saturated heterocycles. The van der Waals surface area contributed by atoms with E-state index in [4.69, 9.17) is 11.3 Å². The van der Waals surface area contributed by atoms with Crippen LogP contribution in [0.3, 0.4) is 0 Å². The average Bonchev–Trinajstić information content (AvgIpc) is 3.06. The molecule has 0 heterocycles. The van der Waals surface area contributed by atoms with E-state index >= 15 is 0 Å². The zero-order valence-corrected chi connectivity index (χ0v) is 9.97. The second kappa shape index (κ2) is 3.37. The fourth-order valence-electron chi connectivity index (χ4n) is 5.82. The van der Waals surface area contributed by atoms with E-state index in [1.165, 1.54) is 25.7 Å². The third-order valence-electron chi connectivity index (χ3n) is 6.06. The Bertz CT molecular complexity index is 375. The maximum atomic E-state index is 11.2. The molecule has 4 rings (SSSR count). The van der Waals surface area contributed by atoms with Gasteiger partial charge in [0.15, 0.2) is 0 Å². The summed E-state index contributed by atoms with van der Waals surface area (Å²) >= 11 is 0. The topological polar surface area (TPSA) is 26.3 Å². The van der Waals surface area contributed by atoms with Gasteiger partial charge in [-0.15, -0.1) is 0 Å². The Morgan fingerprint density at radius 3 is 2.59 bits per heavy atom. The molecule has 90 valence electrons. The maximum Gasteiger partial charge on any atom is 0.331 e. The first kappa shape index (κ1) is 10.2. The quantitative estimate of drug-likeness (QED) is 0.414. The molecular weight excluding hydrogens is 212 g/mol. The van der Waals surface area contributed by atoms with Crippen LogP contribution in [0.4, 0.5) is 0 Å². The Hall–Kier alpha value is -0.790. The predicted octanol–water partition coefficient (Wildman–Crippen LogP) is 2.47. The molecule has 7 atom stereocenters. The summed E-state index contributed by atoms with van der Waals surface area (Å²) in [6.45, 7) is 6.94. The van der Waals surface area contributed by atoms with Crippen molar-refractivity contribution < 1.29 is 9.53 Å². The highest BCUT2D eigenvalue weighted by Gasteiger charge is 2.63. The van der Waals surface area contributed by atoms with Crippen molar-refractivity contribution in [3.63, 3.8) is 0 Å². The van der Waals surface area contributed by atoms with Crippen molar-refractivity contribution in [2.75, 3.05) is 0 Å². The molecule has 0 aromatic heterocycles. The lowest BCUT2D eigenvalue weighted by Gasteiger charge is -2.38. The van der Waals surface area contributed by atoms with Crippen LogP contribution in [-0.4, -0.2) is 12.1 Å². The second-order valence-electron chi connectivity index (χ2n) is 6.50. The van der Waals surface area contributed by atoms with E-state index in [9.17, 15) is 4.79 Å². The molecule has 4 fully saturated rings. The van der Waals surface area contributed by atoms with Gasteiger partial charge >= 0.3 is 5.97 Å². The van der Waals surface area contributed by atoms with Crippen molar-refractivity contribution in [3.05, 3.63) is 12.7 Å². The van der Waals surface area contributed by atoms with Crippen LogP contribution in [0.5, 0.6) is 0 Å². The van der Waals surface area contributed by atoms with Crippen LogP contribution in [-0.2, 0) is 9.53 Å². The van der Waals surface area contributed by atoms with Crippen LogP contribution in [0, 0.1) is 42.1 Å². The highest BCUT2D eigenvalue weighted by Crippen LogP contribution is 2.67. The van der Waals surface area contributed by atoms with Crippen LogP contribution in [0.1, 0.15) is 32.1 Å². The Kier molecular flexibility index (Phi) is 2.01. The van der Waals surface area contributed by atoms with Gasteiger partial charge in [0, 0.05) is 6.08 Å². The number of ether oxygens (including phenoxy) is 1. The zero-order chi connectivity index (χ0) is 11.6. The lowest BCUT2D eigenvalue weighted by atomic mass is 9.70. The number of rotatable bonds is 2. The highest BCUT2D eigenvalue weighted by molar-refractivity contribution is 5.81. The SMILES string of the molecule is [C]=CC(=O)OC1CC2CC1C1C3CCC(C3)C21. The molecule has 2 nitrogen and oxygen atoms in total. The first-order valence-electron chi connectivity index (χ1n) is 6.99. The van der Waals surface area contributed by atoms with Crippen molar-refractivity contribution in [1.82, 2.24) is 0 Å². The molecule has 0 aromatic carbocycles. The van der Waals surface area contributed by atoms with Gasteiger partial charge in [-0.25, -0.2) is 4.79 Å². The van der Waals surface area contributed by atoms with Crippen molar-refractivity contribution in [3.8, 4) is 0 Å². The van der Waals surface area contributed by atoms with Crippen LogP contribution in [0.15, 0.2) is 6.08 Å². The summed E-state index contributed by atoms with van der Waals surface area (Å²) in [4.78, 5) is 11.2. The van der Waals surface area contributed by atoms with Crippen molar-refractivity contribution >= 4 is 5.97 Å². The number of fused-ring (bicyclic) bond motifs is 9. The van der Waals surface area contributed by atoms with E-state index in [1.54, 1.807) is 0 Å². The minimum atomic E-state index is -0.442. The molecule has 4 aliphatic rings. The smallest absolute Gasteiger partial charge is 0.331 e. The van der Waals surface area contributed by atoms with Crippen molar-refractivity contribution in [2.45, 2.75) is 38.2 Å². The van der Waals surface area contributed by atoms with Gasteiger partial charge in [0.05, 0.1) is 0 Å². The monoisotopic (exact) mass is 230 g/mol. The molecule has 0 aliphatic heterocycles. The number of carbonyl (C=O) groups is 1. The van der Waals surface area contributed by atoms with Gasteiger partial charge in [0.25, 0.3) is 0 Å². The van der Waals surface area contributed by atoms with E-state index in [1.807, 2.05) is 0 Å². The van der Waals surface area contributed by atoms with E-state index in [0.29, 0.717) is 5.92 Å². The molecule has 0 N–H and O–H groups in total. The summed E-state index contributed by atoms with van der Waals surface area (Å²) in [5.74, 6) is 4.76. The zero-order valence-electron chi connectivity index (χ0n) is 9.97. The van der Waals surface area contributed by atoms with Gasteiger partial charge in [-0.05, 0) is 74.2 Å². The lowest BCUT2D eigenvalue weighted by Crippen LogP contribution is -2.37. The molecule has 17 heavy (non-hydrogen) atoms. The number of esters is 1. The van der Waals surface area contributed by atoms with E-state index < -0.39 is 5.97 Å². The van der Waals surface area contributed by atoms with Crippen LogP contribution < -0.4 is 0 Å². The Balaban J connectivity index is 1.55. The van der Waals surface area contributed by atoms with Gasteiger partial charge in [-0.2, -0.15) is 0 Å². The molecule has 4 saturated carbocycles. The maximum absolute atomic E-state index is 11.2. The van der Waals surface area contributed by atoms with Crippen LogP contribution in [0.25, 0.3) is 0 Å². The van der Waals surface area contributed by atoms with Crippen molar-refractivity contribution in [1.29, 1.82) is 0 Å². The summed E-state index contributed by atoms with van der Waals surface area (Å²) in [7, 11) is 0. The third-order valence-corrected chi connectivity index (χ3v) is 6.06. The standard InChI is InChI=1S/C15H18O2/c1-2-13(16)17-12-7-10-6-11(12)15-9-4-3-8(5-9)14(10)15/h2,8-12,14-15H,3-7H2. The molecular formula is C15H18O2. The first-order chi connectivity index (χ1) is 8.28. The highest BCUT2D eigenvalue weighted by atomic mass is 16.5. The summed E-state index contributed by atoms with van der Waals surface area (Å²) in [5, 5.41) is 0. The van der Waals surface area contributed by atoms with Crippen molar-refractivity contribution in [2.24, 2.45) is 35.5 Å². The number of hydrogen-bond acceptors (Lipinski definition) is 2. The molecule has 2 heteroatoms. The largest absolute Gasteiger partial charge is 0.459 e. The van der Waals surface area contributed by atoms with Gasteiger partial charge in [0.2, 0.25) is 0 Å². The fourth-order valence-corrected chi connectivity index (χ4v) is 5.82. The third kappa shape index (κ3) is 1.24. The first-order valence-corrected chi connectivity index (χ1v) is 6.99. The number of carbonyl (C=O) groups excluding carboxylic acids is 1. The van der Waals surface area contributed by atoms with Gasteiger partial charge < -0.3 is 4.74 Å². The van der Waals surface area contributed by atoms with Gasteiger partial charge in [0.1, 0.15) is 6.10 Å². The summed E-state index contributed by atoms with van der Waals surface area (Å²) in [6.07, 6.45) is 7.64. The van der Waals surface area contributed by atoms with Gasteiger partial charge in [-0.3, -0.25) is 0 Å². The molecule has 7 unspecified atom stereocenters. The average molecular weight is 230 g/mol. The minimum Gasteiger partial charge on any atom is -0.459 e. The Labute approximate surface area is 102 Å². The van der Waals surface area contributed by atoms with E-state index in [-0.39, 0.29) is 6.10 Å². The molecule has 4 bridgehead atoms. The fraction of sp³-hybridized carbons (Fsp3) is 0.800. The summed E-state index contributed by atoms with van der Waals surface area (Å²) in [6, 6.07) is 0. The normalized spacial score (nSPS) is 53.8. The Morgan fingerprint density at radius 2 is 1.82 bits per heavy atom. The molecule has 2 radical (unpaired) electrons. The van der Waals surface area contributed by atoms with E-state index in [0.717, 1.165) is 42.1 Å². The number of hydrogen-bond donors (Lipinski definition) is 0. The predicted molar refractivity (Wildman–Crippen MR) is 61.7 cm³/mol. The lowest BCUT2D eigenvalue weighted by molar-refractivity contribution is -0.147. The summed E-state index contributed by atoms with van der Waals surface area (Å²) < 4.78 is 5.43. The second-order valence-corrected chi connectivity index (χ2v) is 6.50. The molecule has 4 aliphatic carbocycles. The van der Waals surface area contributed by atoms with Gasteiger partial charge in [-0.1, -0.05) is 0 Å². The van der Waals surface area contributed by atoms with E-state index in [2.05, 4.69) is 0 Å².